The van der Waals surface area contributed by atoms with Gasteiger partial charge in [0.25, 0.3) is 5.69 Å². The van der Waals surface area contributed by atoms with Gasteiger partial charge in [-0.1, -0.05) is 18.2 Å². The van der Waals surface area contributed by atoms with E-state index in [2.05, 4.69) is 5.73 Å². The number of carbonyl (C=O) groups is 1. The van der Waals surface area contributed by atoms with Gasteiger partial charge < -0.3 is 4.74 Å². The maximum atomic E-state index is 12.2. The Morgan fingerprint density at radius 1 is 1.13 bits per heavy atom. The fourth-order valence-corrected chi connectivity index (χ4v) is 1.79. The van der Waals surface area contributed by atoms with Crippen molar-refractivity contribution in [3.05, 3.63) is 81.1 Å². The highest BCUT2D eigenvalue weighted by atomic mass is 16.6. The lowest BCUT2D eigenvalue weighted by atomic mass is 10.1. The molecule has 5 nitrogen and oxygen atoms in total. The lowest BCUT2D eigenvalue weighted by molar-refractivity contribution is -0.384. The average molecular weight is 309 g/mol. The number of carbonyl (C=O) groups excluding carboxylic acids is 1. The van der Waals surface area contributed by atoms with Crippen LogP contribution in [0.2, 0.25) is 0 Å². The van der Waals surface area contributed by atoms with Crippen molar-refractivity contribution in [2.45, 2.75) is 13.8 Å². The molecule has 0 atom stereocenters. The summed E-state index contributed by atoms with van der Waals surface area (Å²) in [5.74, 6) is -0.164. The molecule has 0 radical (unpaired) electrons. The molecule has 0 saturated heterocycles. The first kappa shape index (κ1) is 16.2. The Kier molecular flexibility index (Phi) is 5.07. The monoisotopic (exact) mass is 309 g/mol. The van der Waals surface area contributed by atoms with Crippen LogP contribution in [0.5, 0.6) is 5.75 Å². The fourth-order valence-electron chi connectivity index (χ4n) is 1.79. The van der Waals surface area contributed by atoms with Crippen molar-refractivity contribution < 1.29 is 14.5 Å². The first-order valence-corrected chi connectivity index (χ1v) is 6.93. The summed E-state index contributed by atoms with van der Waals surface area (Å²) in [6.07, 6.45) is 1.74. The zero-order chi connectivity index (χ0) is 16.8. The first-order chi connectivity index (χ1) is 11.0. The van der Waals surface area contributed by atoms with Gasteiger partial charge in [0.15, 0.2) is 0 Å². The summed E-state index contributed by atoms with van der Waals surface area (Å²) in [5.41, 5.74) is 4.96. The van der Waals surface area contributed by atoms with Crippen LogP contribution in [0.15, 0.2) is 59.8 Å². The zero-order valence-electron chi connectivity index (χ0n) is 12.8. The number of nitro benzene ring substituents is 1. The highest BCUT2D eigenvalue weighted by molar-refractivity contribution is 5.91. The first-order valence-electron chi connectivity index (χ1n) is 6.93. The number of ether oxygens (including phenoxy) is 1. The molecule has 0 amide bonds. The molecule has 0 unspecified atom stereocenters. The van der Waals surface area contributed by atoms with Gasteiger partial charge in [-0.3, -0.25) is 10.1 Å². The summed E-state index contributed by atoms with van der Waals surface area (Å²) in [4.78, 5) is 22.3. The predicted molar refractivity (Wildman–Crippen MR) is 87.3 cm³/mol. The molecule has 0 N–H and O–H groups in total. The molecule has 0 heterocycles. The Morgan fingerprint density at radius 3 is 2.39 bits per heavy atom. The van der Waals surface area contributed by atoms with E-state index in [4.69, 9.17) is 4.74 Å². The lowest BCUT2D eigenvalue weighted by Gasteiger charge is -2.07. The molecule has 0 fully saturated rings. The molecule has 0 aliphatic carbocycles. The zero-order valence-corrected chi connectivity index (χ0v) is 12.8. The number of para-hydroxylation sites is 1. The van der Waals surface area contributed by atoms with E-state index in [1.165, 1.54) is 24.3 Å². The van der Waals surface area contributed by atoms with Crippen LogP contribution in [0.25, 0.3) is 6.08 Å². The molecule has 2 rings (SSSR count). The number of nitro groups is 1. The highest BCUT2D eigenvalue weighted by Crippen LogP contribution is 2.21. The molecule has 0 bridgehead atoms. The molecule has 2 aromatic carbocycles. The minimum absolute atomic E-state index is 0.0755. The quantitative estimate of drug-likeness (QED) is 0.276. The fraction of sp³-hybridized carbons (Fsp3) is 0.111. The van der Waals surface area contributed by atoms with Crippen molar-refractivity contribution in [1.29, 1.82) is 0 Å². The lowest BCUT2D eigenvalue weighted by Crippen LogP contribution is -2.09. The van der Waals surface area contributed by atoms with Gasteiger partial charge in [0.05, 0.1) is 10.5 Å². The average Bonchev–Trinajstić information content (AvgIpc) is 2.54. The standard InChI is InChI=1S/C18H15NO4/c1-13(2)7-8-14-5-3-4-6-17(14)23-18(20)15-9-11-16(12-10-15)19(21)22/h3-6,8-12H,1-2H3. The number of hydrogen-bond donors (Lipinski definition) is 0. The van der Waals surface area contributed by atoms with Crippen LogP contribution in [-0.4, -0.2) is 10.9 Å². The van der Waals surface area contributed by atoms with Crippen LogP contribution < -0.4 is 4.74 Å². The third-order valence-electron chi connectivity index (χ3n) is 2.95. The Morgan fingerprint density at radius 2 is 1.78 bits per heavy atom. The molecule has 5 heteroatoms. The van der Waals surface area contributed by atoms with Crippen LogP contribution in [0.3, 0.4) is 0 Å². The third kappa shape index (κ3) is 4.40. The van der Waals surface area contributed by atoms with Crippen molar-refractivity contribution in [3.8, 4) is 5.75 Å². The summed E-state index contributed by atoms with van der Waals surface area (Å²) in [7, 11) is 0. The smallest absolute Gasteiger partial charge is 0.343 e. The molecule has 116 valence electrons. The number of non-ortho nitro benzene ring substituents is 1. The van der Waals surface area contributed by atoms with Gasteiger partial charge in [-0.2, -0.15) is 0 Å². The van der Waals surface area contributed by atoms with E-state index in [0.29, 0.717) is 5.75 Å². The number of esters is 1. The molecular weight excluding hydrogens is 294 g/mol. The molecular formula is C18H15NO4. The highest BCUT2D eigenvalue weighted by Gasteiger charge is 2.12. The van der Waals surface area contributed by atoms with E-state index in [1.807, 2.05) is 26.0 Å². The van der Waals surface area contributed by atoms with Gasteiger partial charge in [-0.25, -0.2) is 4.79 Å². The summed E-state index contributed by atoms with van der Waals surface area (Å²) in [6, 6.07) is 12.4. The minimum atomic E-state index is -0.571. The second-order valence-corrected chi connectivity index (χ2v) is 5.02. The van der Waals surface area contributed by atoms with Crippen molar-refractivity contribution in [3.63, 3.8) is 0 Å². The Hall–Kier alpha value is -3.17. The van der Waals surface area contributed by atoms with E-state index < -0.39 is 10.9 Å². The van der Waals surface area contributed by atoms with Gasteiger partial charge in [0, 0.05) is 17.7 Å². The summed E-state index contributed by atoms with van der Waals surface area (Å²) < 4.78 is 5.37. The minimum Gasteiger partial charge on any atom is -0.422 e. The Balaban J connectivity index is 2.24. The van der Waals surface area contributed by atoms with Crippen molar-refractivity contribution >= 4 is 17.7 Å². The largest absolute Gasteiger partial charge is 0.422 e. The Bertz CT molecular complexity index is 796. The van der Waals surface area contributed by atoms with Crippen LogP contribution >= 0.6 is 0 Å². The molecule has 0 saturated carbocycles. The normalized spacial score (nSPS) is 9.65. The van der Waals surface area contributed by atoms with Crippen molar-refractivity contribution in [2.24, 2.45) is 0 Å². The summed E-state index contributed by atoms with van der Waals surface area (Å²) >= 11 is 0. The summed E-state index contributed by atoms with van der Waals surface area (Å²) in [6.45, 7) is 3.84. The van der Waals surface area contributed by atoms with Crippen LogP contribution in [0.4, 0.5) is 5.69 Å². The SMILES string of the molecule is CC(C)=C=Cc1ccccc1OC(=O)c1ccc([N+](=O)[O-])cc1. The molecule has 0 aromatic heterocycles. The van der Waals surface area contributed by atoms with E-state index in [-0.39, 0.29) is 11.3 Å². The van der Waals surface area contributed by atoms with E-state index in [9.17, 15) is 14.9 Å². The molecule has 23 heavy (non-hydrogen) atoms. The van der Waals surface area contributed by atoms with E-state index >= 15 is 0 Å². The molecule has 0 spiro atoms. The molecule has 0 aliphatic rings. The number of hydrogen-bond acceptors (Lipinski definition) is 4. The van der Waals surface area contributed by atoms with Crippen molar-refractivity contribution in [1.82, 2.24) is 0 Å². The maximum Gasteiger partial charge on any atom is 0.343 e. The van der Waals surface area contributed by atoms with E-state index in [1.54, 1.807) is 18.2 Å². The second-order valence-electron chi connectivity index (χ2n) is 5.02. The van der Waals surface area contributed by atoms with E-state index in [0.717, 1.165) is 11.1 Å². The number of nitrogens with zero attached hydrogens (tertiary/aromatic N) is 1. The second kappa shape index (κ2) is 7.20. The summed E-state index contributed by atoms with van der Waals surface area (Å²) in [5, 5.41) is 10.6. The van der Waals surface area contributed by atoms with Crippen LogP contribution in [0, 0.1) is 10.1 Å². The maximum absolute atomic E-state index is 12.2. The van der Waals surface area contributed by atoms with Crippen molar-refractivity contribution in [2.75, 3.05) is 0 Å². The van der Waals surface area contributed by atoms with Crippen LogP contribution in [-0.2, 0) is 0 Å². The molecule has 2 aromatic rings. The van der Waals surface area contributed by atoms with Gasteiger partial charge in [0.2, 0.25) is 0 Å². The van der Waals surface area contributed by atoms with Crippen LogP contribution in [0.1, 0.15) is 29.8 Å². The van der Waals surface area contributed by atoms with Gasteiger partial charge in [0.1, 0.15) is 5.75 Å². The third-order valence-corrected chi connectivity index (χ3v) is 2.95. The van der Waals surface area contributed by atoms with Gasteiger partial charge >= 0.3 is 5.97 Å². The molecule has 0 aliphatic heterocycles. The topological polar surface area (TPSA) is 69.4 Å². The predicted octanol–water partition coefficient (Wildman–Crippen LogP) is 4.39. The number of benzene rings is 2. The van der Waals surface area contributed by atoms with Gasteiger partial charge in [-0.15, -0.1) is 5.73 Å². The number of rotatable bonds is 4. The van der Waals surface area contributed by atoms with Gasteiger partial charge in [-0.05, 0) is 43.7 Å². The number of allylic oxidation sites excluding steroid dienone is 1. The Labute approximate surface area is 133 Å².